The van der Waals surface area contributed by atoms with Crippen LogP contribution in [0.4, 0.5) is 11.5 Å². The maximum absolute atomic E-state index is 11.7. The number of rotatable bonds is 5. The van der Waals surface area contributed by atoms with Crippen LogP contribution >= 0.6 is 0 Å². The summed E-state index contributed by atoms with van der Waals surface area (Å²) in [5.41, 5.74) is 5.66. The molecule has 104 valence electrons. The molecule has 1 amide bonds. The molecule has 0 bridgehead atoms. The molecule has 1 aromatic rings. The number of nitrogens with one attached hydrogen (secondary N) is 2. The maximum atomic E-state index is 11.7. The molecule has 1 rings (SSSR count). The van der Waals surface area contributed by atoms with Crippen LogP contribution in [0.1, 0.15) is 31.1 Å². The molecule has 0 aliphatic rings. The Morgan fingerprint density at radius 2 is 2.00 bits per heavy atom. The summed E-state index contributed by atoms with van der Waals surface area (Å²) in [6.45, 7) is 5.34. The fourth-order valence-electron chi connectivity index (χ4n) is 1.45. The normalized spacial score (nSPS) is 12.0. The Balaban J connectivity index is 2.85. The second-order valence-electron chi connectivity index (χ2n) is 4.46. The zero-order chi connectivity index (χ0) is 14.6. The minimum Gasteiger partial charge on any atom is -0.478 e. The predicted octanol–water partition coefficient (Wildman–Crippen LogP) is 0.687. The van der Waals surface area contributed by atoms with Gasteiger partial charge in [-0.15, -0.1) is 0 Å². The van der Waals surface area contributed by atoms with Gasteiger partial charge in [0.15, 0.2) is 5.82 Å². The minimum absolute atomic E-state index is 0.0131. The van der Waals surface area contributed by atoms with Crippen molar-refractivity contribution in [2.75, 3.05) is 11.1 Å². The summed E-state index contributed by atoms with van der Waals surface area (Å²) in [6.07, 6.45) is 1.33. The number of nitrogen functional groups attached to an aromatic ring is 1. The molecule has 0 radical (unpaired) electrons. The number of hydrogen-bond donors (Lipinski definition) is 4. The third-order valence-electron chi connectivity index (χ3n) is 2.40. The van der Waals surface area contributed by atoms with Gasteiger partial charge in [-0.3, -0.25) is 4.79 Å². The highest BCUT2D eigenvalue weighted by molar-refractivity contribution is 5.96. The number of carboxylic acids is 1. The average Bonchev–Trinajstić information content (AvgIpc) is 2.30. The standard InChI is InChI=1S/C12H18N4O3/c1-6(2)15-11(17)7(3)16-10-9(13)8(12(18)19)4-5-14-10/h4-7H,13H2,1-3H3,(H,14,16)(H,15,17)(H,18,19). The number of carbonyl (C=O) groups is 2. The Morgan fingerprint density at radius 1 is 1.37 bits per heavy atom. The Hall–Kier alpha value is -2.31. The maximum Gasteiger partial charge on any atom is 0.337 e. The molecule has 1 aromatic heterocycles. The lowest BCUT2D eigenvalue weighted by Crippen LogP contribution is -2.41. The van der Waals surface area contributed by atoms with Crippen LogP contribution in [0.5, 0.6) is 0 Å². The Morgan fingerprint density at radius 3 is 2.53 bits per heavy atom. The molecule has 19 heavy (non-hydrogen) atoms. The smallest absolute Gasteiger partial charge is 0.337 e. The van der Waals surface area contributed by atoms with E-state index in [0.29, 0.717) is 0 Å². The number of carbonyl (C=O) groups excluding carboxylic acids is 1. The van der Waals surface area contributed by atoms with Gasteiger partial charge in [-0.25, -0.2) is 9.78 Å². The lowest BCUT2D eigenvalue weighted by Gasteiger charge is -2.17. The number of aromatic nitrogens is 1. The summed E-state index contributed by atoms with van der Waals surface area (Å²) in [4.78, 5) is 26.6. The highest BCUT2D eigenvalue weighted by atomic mass is 16.4. The number of nitrogens with two attached hydrogens (primary N) is 1. The van der Waals surface area contributed by atoms with Gasteiger partial charge < -0.3 is 21.5 Å². The number of pyridine rings is 1. The van der Waals surface area contributed by atoms with Gasteiger partial charge in [0.25, 0.3) is 0 Å². The van der Waals surface area contributed by atoms with E-state index in [1.54, 1.807) is 6.92 Å². The van der Waals surface area contributed by atoms with Crippen molar-refractivity contribution < 1.29 is 14.7 Å². The molecule has 0 saturated carbocycles. The molecule has 0 aliphatic heterocycles. The van der Waals surface area contributed by atoms with Crippen molar-refractivity contribution in [1.82, 2.24) is 10.3 Å². The quantitative estimate of drug-likeness (QED) is 0.622. The van der Waals surface area contributed by atoms with Crippen molar-refractivity contribution in [3.05, 3.63) is 17.8 Å². The number of carboxylic acid groups (broad SMARTS) is 1. The minimum atomic E-state index is -1.14. The van der Waals surface area contributed by atoms with E-state index in [1.807, 2.05) is 13.8 Å². The topological polar surface area (TPSA) is 117 Å². The molecule has 1 atom stereocenters. The Labute approximate surface area is 111 Å². The fourth-order valence-corrected chi connectivity index (χ4v) is 1.45. The third-order valence-corrected chi connectivity index (χ3v) is 2.40. The number of hydrogen-bond acceptors (Lipinski definition) is 5. The van der Waals surface area contributed by atoms with Gasteiger partial charge >= 0.3 is 5.97 Å². The van der Waals surface area contributed by atoms with E-state index in [4.69, 9.17) is 10.8 Å². The molecule has 0 saturated heterocycles. The molecule has 0 aliphatic carbocycles. The highest BCUT2D eigenvalue weighted by Gasteiger charge is 2.17. The number of anilines is 2. The third kappa shape index (κ3) is 3.84. The van der Waals surface area contributed by atoms with E-state index in [-0.39, 0.29) is 29.0 Å². The first-order valence-electron chi connectivity index (χ1n) is 5.87. The van der Waals surface area contributed by atoms with E-state index >= 15 is 0 Å². The summed E-state index contributed by atoms with van der Waals surface area (Å²) in [7, 11) is 0. The summed E-state index contributed by atoms with van der Waals surface area (Å²) in [6, 6.07) is 0.760. The Bertz CT molecular complexity index is 488. The van der Waals surface area contributed by atoms with Crippen LogP contribution in [0.25, 0.3) is 0 Å². The molecular formula is C12H18N4O3. The second kappa shape index (κ2) is 6.03. The van der Waals surface area contributed by atoms with Crippen LogP contribution in [0.2, 0.25) is 0 Å². The van der Waals surface area contributed by atoms with Gasteiger partial charge in [0.1, 0.15) is 6.04 Å². The lowest BCUT2D eigenvalue weighted by atomic mass is 10.2. The zero-order valence-corrected chi connectivity index (χ0v) is 11.1. The van der Waals surface area contributed by atoms with Crippen molar-refractivity contribution in [2.45, 2.75) is 32.9 Å². The summed E-state index contributed by atoms with van der Waals surface area (Å²) >= 11 is 0. The molecule has 7 nitrogen and oxygen atoms in total. The second-order valence-corrected chi connectivity index (χ2v) is 4.46. The van der Waals surface area contributed by atoms with Crippen LogP contribution in [-0.2, 0) is 4.79 Å². The molecule has 0 fully saturated rings. The van der Waals surface area contributed by atoms with Gasteiger partial charge in [-0.05, 0) is 26.8 Å². The lowest BCUT2D eigenvalue weighted by molar-refractivity contribution is -0.122. The SMILES string of the molecule is CC(C)NC(=O)C(C)Nc1nccc(C(=O)O)c1N. The summed E-state index contributed by atoms with van der Waals surface area (Å²) in [5.74, 6) is -1.16. The van der Waals surface area contributed by atoms with Crippen molar-refractivity contribution in [1.29, 1.82) is 0 Å². The first-order valence-corrected chi connectivity index (χ1v) is 5.87. The number of amides is 1. The van der Waals surface area contributed by atoms with Crippen LogP contribution in [-0.4, -0.2) is 34.1 Å². The molecule has 1 unspecified atom stereocenters. The zero-order valence-electron chi connectivity index (χ0n) is 11.1. The van der Waals surface area contributed by atoms with Gasteiger partial charge in [0, 0.05) is 12.2 Å². The van der Waals surface area contributed by atoms with Gasteiger partial charge in [0.05, 0.1) is 11.3 Å². The van der Waals surface area contributed by atoms with Crippen LogP contribution < -0.4 is 16.4 Å². The highest BCUT2D eigenvalue weighted by Crippen LogP contribution is 2.20. The molecule has 0 spiro atoms. The van der Waals surface area contributed by atoms with Crippen LogP contribution in [0.15, 0.2) is 12.3 Å². The predicted molar refractivity (Wildman–Crippen MR) is 72.0 cm³/mol. The molecule has 5 N–H and O–H groups in total. The number of nitrogens with zero attached hydrogens (tertiary/aromatic N) is 1. The fraction of sp³-hybridized carbons (Fsp3) is 0.417. The van der Waals surface area contributed by atoms with E-state index in [0.717, 1.165) is 0 Å². The monoisotopic (exact) mass is 266 g/mol. The first-order chi connectivity index (χ1) is 8.82. The molecule has 1 heterocycles. The van der Waals surface area contributed by atoms with Crippen molar-refractivity contribution in [3.63, 3.8) is 0 Å². The molecule has 0 aromatic carbocycles. The van der Waals surface area contributed by atoms with E-state index in [2.05, 4.69) is 15.6 Å². The van der Waals surface area contributed by atoms with Gasteiger partial charge in [0.2, 0.25) is 5.91 Å². The van der Waals surface area contributed by atoms with Crippen molar-refractivity contribution >= 4 is 23.4 Å². The van der Waals surface area contributed by atoms with E-state index in [9.17, 15) is 9.59 Å². The van der Waals surface area contributed by atoms with E-state index in [1.165, 1.54) is 12.3 Å². The largest absolute Gasteiger partial charge is 0.478 e. The van der Waals surface area contributed by atoms with Crippen molar-refractivity contribution in [2.24, 2.45) is 0 Å². The Kier molecular flexibility index (Phi) is 4.68. The van der Waals surface area contributed by atoms with Crippen LogP contribution in [0, 0.1) is 0 Å². The first kappa shape index (κ1) is 14.7. The molecular weight excluding hydrogens is 248 g/mol. The van der Waals surface area contributed by atoms with Crippen molar-refractivity contribution in [3.8, 4) is 0 Å². The summed E-state index contributed by atoms with van der Waals surface area (Å²) < 4.78 is 0. The summed E-state index contributed by atoms with van der Waals surface area (Å²) in [5, 5.41) is 14.5. The molecule has 7 heteroatoms. The van der Waals surface area contributed by atoms with Gasteiger partial charge in [-0.1, -0.05) is 0 Å². The average molecular weight is 266 g/mol. The number of aromatic carboxylic acids is 1. The van der Waals surface area contributed by atoms with Crippen LogP contribution in [0.3, 0.4) is 0 Å². The van der Waals surface area contributed by atoms with Gasteiger partial charge in [-0.2, -0.15) is 0 Å². The van der Waals surface area contributed by atoms with E-state index < -0.39 is 12.0 Å².